The van der Waals surface area contributed by atoms with Crippen LogP contribution in [0.4, 0.5) is 10.1 Å². The minimum Gasteiger partial charge on any atom is -0.491 e. The number of hydrogen-bond acceptors (Lipinski definition) is 4. The topological polar surface area (TPSA) is 64.6 Å². The Morgan fingerprint density at radius 1 is 1.04 bits per heavy atom. The lowest BCUT2D eigenvalue weighted by molar-refractivity contribution is -0.123. The summed E-state index contributed by atoms with van der Waals surface area (Å²) in [5.41, 5.74) is 1.09. The third-order valence-corrected chi connectivity index (χ3v) is 3.55. The van der Waals surface area contributed by atoms with E-state index in [0.717, 1.165) is 0 Å². The molecule has 0 unspecified atom stereocenters. The van der Waals surface area contributed by atoms with Crippen molar-refractivity contribution in [2.45, 2.75) is 39.9 Å². The van der Waals surface area contributed by atoms with Gasteiger partial charge in [-0.3, -0.25) is 4.79 Å². The van der Waals surface area contributed by atoms with E-state index in [1.807, 2.05) is 13.8 Å². The highest BCUT2D eigenvalue weighted by Gasteiger charge is 2.19. The molecule has 0 saturated carbocycles. The summed E-state index contributed by atoms with van der Waals surface area (Å²) in [7, 11) is 0. The predicted octanol–water partition coefficient (Wildman–Crippen LogP) is 4.11. The Balaban J connectivity index is 1.94. The van der Waals surface area contributed by atoms with Crippen molar-refractivity contribution in [3.8, 4) is 5.75 Å². The van der Waals surface area contributed by atoms with E-state index in [1.54, 1.807) is 43.3 Å². The third kappa shape index (κ3) is 5.31. The molecular formula is C20H22FNO4. The summed E-state index contributed by atoms with van der Waals surface area (Å²) in [5.74, 6) is -0.944. The van der Waals surface area contributed by atoms with Crippen LogP contribution in [0.25, 0.3) is 0 Å². The number of halogens is 1. The lowest BCUT2D eigenvalue weighted by Crippen LogP contribution is -2.30. The van der Waals surface area contributed by atoms with Crippen molar-refractivity contribution >= 4 is 17.6 Å². The van der Waals surface area contributed by atoms with Gasteiger partial charge >= 0.3 is 5.97 Å². The fraction of sp³-hybridized carbons (Fsp3) is 0.300. The zero-order chi connectivity index (χ0) is 19.3. The van der Waals surface area contributed by atoms with Crippen LogP contribution in [0.1, 0.15) is 36.7 Å². The monoisotopic (exact) mass is 359 g/mol. The average Bonchev–Trinajstić information content (AvgIpc) is 2.58. The van der Waals surface area contributed by atoms with E-state index >= 15 is 0 Å². The van der Waals surface area contributed by atoms with Crippen LogP contribution in [0, 0.1) is 12.7 Å². The molecule has 2 rings (SSSR count). The van der Waals surface area contributed by atoms with Gasteiger partial charge in [-0.05, 0) is 69.7 Å². The maximum absolute atomic E-state index is 13.5. The van der Waals surface area contributed by atoms with E-state index in [-0.39, 0.29) is 6.10 Å². The van der Waals surface area contributed by atoms with Gasteiger partial charge in [0.15, 0.2) is 6.10 Å². The standard InChI is InChI=1S/C20H22FNO4/c1-12(2)25-17-9-6-15(7-10-17)20(24)26-14(4)19(23)22-16-8-5-13(3)18(21)11-16/h5-12,14H,1-4H3,(H,22,23)/t14-/m1/s1. The molecule has 0 bridgehead atoms. The van der Waals surface area contributed by atoms with Crippen LogP contribution in [-0.4, -0.2) is 24.1 Å². The zero-order valence-electron chi connectivity index (χ0n) is 15.2. The van der Waals surface area contributed by atoms with Gasteiger partial charge in [0.2, 0.25) is 0 Å². The third-order valence-electron chi connectivity index (χ3n) is 3.55. The first-order valence-corrected chi connectivity index (χ1v) is 8.31. The fourth-order valence-corrected chi connectivity index (χ4v) is 2.14. The molecule has 5 nitrogen and oxygen atoms in total. The molecular weight excluding hydrogens is 337 g/mol. The van der Waals surface area contributed by atoms with Gasteiger partial charge in [0.05, 0.1) is 11.7 Å². The smallest absolute Gasteiger partial charge is 0.338 e. The van der Waals surface area contributed by atoms with Gasteiger partial charge in [-0.15, -0.1) is 0 Å². The van der Waals surface area contributed by atoms with Crippen LogP contribution in [0.15, 0.2) is 42.5 Å². The molecule has 1 amide bonds. The van der Waals surface area contributed by atoms with Crippen molar-refractivity contribution in [2.75, 3.05) is 5.32 Å². The normalized spacial score (nSPS) is 11.8. The van der Waals surface area contributed by atoms with Gasteiger partial charge < -0.3 is 14.8 Å². The van der Waals surface area contributed by atoms with Crippen LogP contribution in [-0.2, 0) is 9.53 Å². The lowest BCUT2D eigenvalue weighted by Gasteiger charge is -2.14. The maximum atomic E-state index is 13.5. The Morgan fingerprint density at radius 2 is 1.69 bits per heavy atom. The van der Waals surface area contributed by atoms with E-state index in [2.05, 4.69) is 5.32 Å². The maximum Gasteiger partial charge on any atom is 0.338 e. The van der Waals surface area contributed by atoms with E-state index in [4.69, 9.17) is 9.47 Å². The number of hydrogen-bond donors (Lipinski definition) is 1. The van der Waals surface area contributed by atoms with Crippen molar-refractivity contribution in [1.82, 2.24) is 0 Å². The quantitative estimate of drug-likeness (QED) is 0.789. The highest BCUT2D eigenvalue weighted by molar-refractivity contribution is 5.97. The molecule has 1 atom stereocenters. The Hall–Kier alpha value is -2.89. The van der Waals surface area contributed by atoms with Gasteiger partial charge in [0.1, 0.15) is 11.6 Å². The molecule has 0 saturated heterocycles. The summed E-state index contributed by atoms with van der Waals surface area (Å²) in [4.78, 5) is 24.3. The minimum atomic E-state index is -1.03. The average molecular weight is 359 g/mol. The second-order valence-corrected chi connectivity index (χ2v) is 6.19. The van der Waals surface area contributed by atoms with Crippen LogP contribution in [0.5, 0.6) is 5.75 Å². The number of amides is 1. The number of ether oxygens (including phenoxy) is 2. The van der Waals surface area contributed by atoms with Crippen LogP contribution in [0.3, 0.4) is 0 Å². The second-order valence-electron chi connectivity index (χ2n) is 6.19. The van der Waals surface area contributed by atoms with Crippen LogP contribution in [0.2, 0.25) is 0 Å². The minimum absolute atomic E-state index is 0.0307. The van der Waals surface area contributed by atoms with Gasteiger partial charge in [0, 0.05) is 5.69 Å². The van der Waals surface area contributed by atoms with Crippen molar-refractivity contribution < 1.29 is 23.5 Å². The highest BCUT2D eigenvalue weighted by atomic mass is 19.1. The molecule has 0 aromatic heterocycles. The van der Waals surface area contributed by atoms with Crippen molar-refractivity contribution in [1.29, 1.82) is 0 Å². The van der Waals surface area contributed by atoms with E-state index < -0.39 is 23.8 Å². The Labute approximate surface area is 152 Å². The number of carbonyl (C=O) groups is 2. The van der Waals surface area contributed by atoms with Gasteiger partial charge in [-0.2, -0.15) is 0 Å². The highest BCUT2D eigenvalue weighted by Crippen LogP contribution is 2.16. The summed E-state index contributed by atoms with van der Waals surface area (Å²) < 4.78 is 24.2. The molecule has 1 N–H and O–H groups in total. The van der Waals surface area contributed by atoms with Gasteiger partial charge in [0.25, 0.3) is 5.91 Å². The van der Waals surface area contributed by atoms with Gasteiger partial charge in [-0.25, -0.2) is 9.18 Å². The molecule has 0 aliphatic carbocycles. The van der Waals surface area contributed by atoms with E-state index in [1.165, 1.54) is 13.0 Å². The number of anilines is 1. The SMILES string of the molecule is Cc1ccc(NC(=O)[C@@H](C)OC(=O)c2ccc(OC(C)C)cc2)cc1F. The van der Waals surface area contributed by atoms with E-state index in [0.29, 0.717) is 22.6 Å². The molecule has 26 heavy (non-hydrogen) atoms. The van der Waals surface area contributed by atoms with Gasteiger partial charge in [-0.1, -0.05) is 6.07 Å². The first-order valence-electron chi connectivity index (χ1n) is 8.31. The fourth-order valence-electron chi connectivity index (χ4n) is 2.14. The largest absolute Gasteiger partial charge is 0.491 e. The summed E-state index contributed by atoms with van der Waals surface area (Å²) in [6, 6.07) is 10.8. The molecule has 2 aromatic rings. The second kappa shape index (κ2) is 8.47. The number of carbonyl (C=O) groups excluding carboxylic acids is 2. The number of benzene rings is 2. The predicted molar refractivity (Wildman–Crippen MR) is 96.9 cm³/mol. The van der Waals surface area contributed by atoms with Crippen molar-refractivity contribution in [3.63, 3.8) is 0 Å². The molecule has 0 radical (unpaired) electrons. The first kappa shape index (κ1) is 19.4. The summed E-state index contributed by atoms with van der Waals surface area (Å²) >= 11 is 0. The molecule has 0 heterocycles. The molecule has 138 valence electrons. The number of aryl methyl sites for hydroxylation is 1. The lowest BCUT2D eigenvalue weighted by atomic mass is 10.2. The van der Waals surface area contributed by atoms with Crippen molar-refractivity contribution in [3.05, 3.63) is 59.4 Å². The number of nitrogens with one attached hydrogen (secondary N) is 1. The van der Waals surface area contributed by atoms with Crippen LogP contribution >= 0.6 is 0 Å². The Morgan fingerprint density at radius 3 is 2.27 bits per heavy atom. The molecule has 2 aromatic carbocycles. The molecule has 6 heteroatoms. The summed E-state index contributed by atoms with van der Waals surface area (Å²) in [5, 5.41) is 2.52. The summed E-state index contributed by atoms with van der Waals surface area (Å²) in [6.45, 7) is 6.89. The van der Waals surface area contributed by atoms with Crippen LogP contribution < -0.4 is 10.1 Å². The Bertz CT molecular complexity index is 787. The van der Waals surface area contributed by atoms with E-state index in [9.17, 15) is 14.0 Å². The number of rotatable bonds is 6. The van der Waals surface area contributed by atoms with Crippen molar-refractivity contribution in [2.24, 2.45) is 0 Å². The molecule has 0 aliphatic heterocycles. The first-order chi connectivity index (χ1) is 12.3. The molecule has 0 aliphatic rings. The summed E-state index contributed by atoms with van der Waals surface area (Å²) in [6.07, 6.45) is -0.999. The molecule has 0 fully saturated rings. The molecule has 0 spiro atoms. The number of esters is 1. The zero-order valence-corrected chi connectivity index (χ0v) is 15.2. The Kier molecular flexibility index (Phi) is 6.33.